The van der Waals surface area contributed by atoms with Crippen molar-refractivity contribution in [1.82, 2.24) is 0 Å². The Balaban J connectivity index is 1.82. The number of H-pyrrole nitrogens is 1. The Morgan fingerprint density at radius 3 is 2.31 bits per heavy atom. The highest BCUT2D eigenvalue weighted by Gasteiger charge is 2.27. The lowest BCUT2D eigenvalue weighted by Crippen LogP contribution is -2.37. The Morgan fingerprint density at radius 2 is 1.73 bits per heavy atom. The summed E-state index contributed by atoms with van der Waals surface area (Å²) in [5, 5.41) is 0. The van der Waals surface area contributed by atoms with Crippen LogP contribution in [0.2, 0.25) is 0 Å². The minimum Gasteiger partial charge on any atom is -0.267 e. The van der Waals surface area contributed by atoms with E-state index in [9.17, 15) is 8.42 Å². The fourth-order valence-corrected chi connectivity index (χ4v) is 5.10. The molecule has 1 N–H and O–H groups in total. The molecule has 0 spiro atoms. The number of benzene rings is 1. The van der Waals surface area contributed by atoms with Crippen LogP contribution in [0.15, 0.2) is 53.6 Å². The maximum absolute atomic E-state index is 13.0. The lowest BCUT2D eigenvalue weighted by atomic mass is 9.94. The van der Waals surface area contributed by atoms with Crippen LogP contribution >= 0.6 is 0 Å². The molecule has 1 fully saturated rings. The Morgan fingerprint density at radius 1 is 1.04 bits per heavy atom. The maximum Gasteiger partial charge on any atom is 0.274 e. The third-order valence-corrected chi connectivity index (χ3v) is 7.09. The number of nitrogens with zero attached hydrogens (tertiary/aromatic N) is 2. The molecule has 0 radical (unpaired) electrons. The first kappa shape index (κ1) is 18.7. The molecular formula is C20H28N3O2S+. The Bertz CT molecular complexity index is 801. The molecule has 0 unspecified atom stereocenters. The number of hydrogen-bond donors (Lipinski definition) is 0. The number of hydrogen-bond acceptors (Lipinski definition) is 3. The first-order chi connectivity index (χ1) is 12.5. The van der Waals surface area contributed by atoms with Crippen molar-refractivity contribution >= 4 is 21.5 Å². The van der Waals surface area contributed by atoms with Gasteiger partial charge in [-0.15, -0.1) is 0 Å². The molecule has 1 aliphatic rings. The molecule has 0 amide bonds. The normalized spacial score (nSPS) is 15.6. The molecule has 1 saturated carbocycles. The summed E-state index contributed by atoms with van der Waals surface area (Å²) in [5.41, 5.74) is 0.679. The van der Waals surface area contributed by atoms with Gasteiger partial charge in [-0.3, -0.25) is 9.21 Å². The topological polar surface area (TPSA) is 54.8 Å². The maximum atomic E-state index is 13.0. The number of para-hydroxylation sites is 1. The van der Waals surface area contributed by atoms with E-state index in [4.69, 9.17) is 0 Å². The number of nitrogens with one attached hydrogen (secondary N) is 1. The number of pyridine rings is 1. The van der Waals surface area contributed by atoms with Gasteiger partial charge in [0, 0.05) is 12.6 Å². The van der Waals surface area contributed by atoms with Gasteiger partial charge < -0.3 is 0 Å². The van der Waals surface area contributed by atoms with Gasteiger partial charge >= 0.3 is 0 Å². The molecular weight excluding hydrogens is 346 g/mol. The van der Waals surface area contributed by atoms with Gasteiger partial charge in [0.2, 0.25) is 0 Å². The van der Waals surface area contributed by atoms with E-state index < -0.39 is 10.0 Å². The minimum absolute atomic E-state index is 0.281. The fourth-order valence-electron chi connectivity index (χ4n) is 3.66. The van der Waals surface area contributed by atoms with Crippen LogP contribution in [-0.2, 0) is 10.0 Å². The van der Waals surface area contributed by atoms with Crippen LogP contribution < -0.4 is 14.2 Å². The predicted molar refractivity (Wildman–Crippen MR) is 105 cm³/mol. The van der Waals surface area contributed by atoms with E-state index >= 15 is 0 Å². The van der Waals surface area contributed by atoms with Crippen molar-refractivity contribution in [2.24, 2.45) is 0 Å². The monoisotopic (exact) mass is 374 g/mol. The van der Waals surface area contributed by atoms with Gasteiger partial charge in [0.1, 0.15) is 11.1 Å². The molecule has 3 rings (SSSR count). The van der Waals surface area contributed by atoms with Crippen molar-refractivity contribution in [2.45, 2.75) is 50.0 Å². The van der Waals surface area contributed by atoms with E-state index in [0.29, 0.717) is 18.3 Å². The Hall–Kier alpha value is -2.08. The second kappa shape index (κ2) is 8.08. The van der Waals surface area contributed by atoms with Gasteiger partial charge in [0.05, 0.1) is 18.8 Å². The van der Waals surface area contributed by atoms with Crippen LogP contribution in [-0.4, -0.2) is 28.1 Å². The molecule has 6 heteroatoms. The number of aromatic nitrogens is 1. The van der Waals surface area contributed by atoms with E-state index in [1.165, 1.54) is 36.4 Å². The summed E-state index contributed by atoms with van der Waals surface area (Å²) < 4.78 is 27.5. The molecule has 0 saturated heterocycles. The second-order valence-corrected chi connectivity index (χ2v) is 8.68. The van der Waals surface area contributed by atoms with E-state index in [1.54, 1.807) is 12.3 Å². The highest BCUT2D eigenvalue weighted by Crippen LogP contribution is 2.26. The van der Waals surface area contributed by atoms with Crippen LogP contribution in [0, 0.1) is 0 Å². The molecule has 2 aromatic rings. The summed E-state index contributed by atoms with van der Waals surface area (Å²) >= 11 is 0. The lowest BCUT2D eigenvalue weighted by Gasteiger charge is -2.26. The summed E-state index contributed by atoms with van der Waals surface area (Å²) in [7, 11) is -1.51. The van der Waals surface area contributed by atoms with E-state index in [-0.39, 0.29) is 4.90 Å². The summed E-state index contributed by atoms with van der Waals surface area (Å²) in [6.45, 7) is 2.23. The summed E-state index contributed by atoms with van der Waals surface area (Å²) in [6, 6.07) is 13.3. The SMILES string of the molecule is CCN(c1ccccc1)S(=O)(=O)c1ccc(N(C)C2CCCCC2)[nH+]c1. The summed E-state index contributed by atoms with van der Waals surface area (Å²) in [4.78, 5) is 5.71. The van der Waals surface area contributed by atoms with Gasteiger partial charge in [0.15, 0.2) is 0 Å². The molecule has 26 heavy (non-hydrogen) atoms. The third-order valence-electron chi connectivity index (χ3n) is 5.19. The van der Waals surface area contributed by atoms with Crippen LogP contribution in [0.1, 0.15) is 39.0 Å². The zero-order valence-corrected chi connectivity index (χ0v) is 16.4. The largest absolute Gasteiger partial charge is 0.274 e. The molecule has 1 heterocycles. The van der Waals surface area contributed by atoms with E-state index in [2.05, 4.69) is 16.9 Å². The van der Waals surface area contributed by atoms with Crippen LogP contribution in [0.5, 0.6) is 0 Å². The van der Waals surface area contributed by atoms with Crippen molar-refractivity contribution in [3.63, 3.8) is 0 Å². The molecule has 5 nitrogen and oxygen atoms in total. The Kier molecular flexibility index (Phi) is 5.81. The molecule has 1 aliphatic carbocycles. The molecule has 140 valence electrons. The number of anilines is 2. The third kappa shape index (κ3) is 3.85. The molecule has 0 bridgehead atoms. The van der Waals surface area contributed by atoms with Crippen molar-refractivity contribution in [3.8, 4) is 0 Å². The molecule has 0 aliphatic heterocycles. The number of aromatic amines is 1. The standard InChI is InChI=1S/C20H27N3O2S/c1-3-23(18-12-8-5-9-13-18)26(24,25)19-14-15-20(21-16-19)22(2)17-10-6-4-7-11-17/h5,8-9,12-17H,3-4,6-7,10-11H2,1-2H3/p+1. The highest BCUT2D eigenvalue weighted by molar-refractivity contribution is 7.92. The molecule has 1 aromatic heterocycles. The first-order valence-corrected chi connectivity index (χ1v) is 10.8. The summed E-state index contributed by atoms with van der Waals surface area (Å²) in [5.74, 6) is 0.957. The average Bonchev–Trinajstić information content (AvgIpc) is 2.69. The first-order valence-electron chi connectivity index (χ1n) is 9.36. The van der Waals surface area contributed by atoms with Crippen molar-refractivity contribution in [3.05, 3.63) is 48.7 Å². The molecule has 1 aromatic carbocycles. The fraction of sp³-hybridized carbons (Fsp3) is 0.450. The summed E-state index contributed by atoms with van der Waals surface area (Å²) in [6.07, 6.45) is 7.85. The zero-order chi connectivity index (χ0) is 18.6. The average molecular weight is 375 g/mol. The van der Waals surface area contributed by atoms with E-state index in [1.807, 2.05) is 43.3 Å². The van der Waals surface area contributed by atoms with Gasteiger partial charge in [-0.1, -0.05) is 24.6 Å². The van der Waals surface area contributed by atoms with Crippen LogP contribution in [0.25, 0.3) is 0 Å². The van der Waals surface area contributed by atoms with Gasteiger partial charge in [-0.2, -0.15) is 0 Å². The zero-order valence-electron chi connectivity index (χ0n) is 15.6. The minimum atomic E-state index is -3.59. The van der Waals surface area contributed by atoms with E-state index in [0.717, 1.165) is 5.82 Å². The van der Waals surface area contributed by atoms with Crippen molar-refractivity contribution in [1.29, 1.82) is 0 Å². The van der Waals surface area contributed by atoms with Crippen molar-refractivity contribution in [2.75, 3.05) is 22.8 Å². The Labute approximate surface area is 156 Å². The van der Waals surface area contributed by atoms with Gasteiger partial charge in [-0.05, 0) is 50.8 Å². The van der Waals surface area contributed by atoms with Crippen LogP contribution in [0.4, 0.5) is 11.5 Å². The number of rotatable bonds is 6. The predicted octanol–water partition coefficient (Wildman–Crippen LogP) is 3.48. The lowest BCUT2D eigenvalue weighted by molar-refractivity contribution is -0.367. The second-order valence-electron chi connectivity index (χ2n) is 6.82. The molecule has 0 atom stereocenters. The smallest absolute Gasteiger partial charge is 0.267 e. The van der Waals surface area contributed by atoms with Crippen LogP contribution in [0.3, 0.4) is 0 Å². The van der Waals surface area contributed by atoms with Crippen molar-refractivity contribution < 1.29 is 13.4 Å². The van der Waals surface area contributed by atoms with Gasteiger partial charge in [-0.25, -0.2) is 13.4 Å². The highest BCUT2D eigenvalue weighted by atomic mass is 32.2. The quantitative estimate of drug-likeness (QED) is 0.778. The number of sulfonamides is 1. The van der Waals surface area contributed by atoms with Gasteiger partial charge in [0.25, 0.3) is 15.8 Å².